The van der Waals surface area contributed by atoms with Crippen LogP contribution in [0.4, 0.5) is 8.78 Å². The third-order valence-electron chi connectivity index (χ3n) is 3.21. The average molecular weight is 270 g/mol. The van der Waals surface area contributed by atoms with Gasteiger partial charge >= 0.3 is 5.92 Å². The highest BCUT2D eigenvalue weighted by Gasteiger charge is 2.59. The second kappa shape index (κ2) is 6.75. The van der Waals surface area contributed by atoms with Gasteiger partial charge in [-0.1, -0.05) is 26.7 Å². The summed E-state index contributed by atoms with van der Waals surface area (Å²) in [7, 11) is 0. The highest BCUT2D eigenvalue weighted by atomic mass is 19.3. The maximum Gasteiger partial charge on any atom is 0.306 e. The molecular weight excluding hydrogens is 246 g/mol. The maximum atomic E-state index is 13.9. The fraction of sp³-hybridized carbons (Fsp3) is 1.00. The summed E-state index contributed by atoms with van der Waals surface area (Å²) in [6.45, 7) is 4.13. The van der Waals surface area contributed by atoms with Crippen molar-refractivity contribution in [2.75, 3.05) is 0 Å². The molecule has 0 saturated carbocycles. The largest absolute Gasteiger partial charge is 0.390 e. The molecule has 110 valence electrons. The lowest BCUT2D eigenvalue weighted by Gasteiger charge is -2.40. The van der Waals surface area contributed by atoms with Crippen molar-refractivity contribution in [1.82, 2.24) is 0 Å². The fourth-order valence-corrected chi connectivity index (χ4v) is 1.77. The van der Waals surface area contributed by atoms with Crippen molar-refractivity contribution in [1.29, 1.82) is 0 Å². The predicted octanol–water partition coefficient (Wildman–Crippen LogP) is 1.06. The minimum Gasteiger partial charge on any atom is -0.390 e. The van der Waals surface area contributed by atoms with Gasteiger partial charge in [-0.05, 0) is 19.8 Å². The second-order valence-electron chi connectivity index (χ2n) is 4.88. The van der Waals surface area contributed by atoms with Crippen molar-refractivity contribution in [3.63, 3.8) is 0 Å². The summed E-state index contributed by atoms with van der Waals surface area (Å²) in [5.41, 5.74) is -2.78. The molecule has 4 atom stereocenters. The molecule has 0 aliphatic carbocycles. The minimum absolute atomic E-state index is 0.00326. The lowest BCUT2D eigenvalue weighted by Crippen LogP contribution is -2.62. The quantitative estimate of drug-likeness (QED) is 0.531. The third-order valence-corrected chi connectivity index (χ3v) is 3.21. The third kappa shape index (κ3) is 3.60. The summed E-state index contributed by atoms with van der Waals surface area (Å²) in [6, 6.07) is 0. The van der Waals surface area contributed by atoms with Gasteiger partial charge in [0.15, 0.2) is 5.60 Å². The van der Waals surface area contributed by atoms with E-state index in [9.17, 15) is 29.2 Å². The van der Waals surface area contributed by atoms with Gasteiger partial charge in [0.25, 0.3) is 0 Å². The Hall–Kier alpha value is -0.300. The SMILES string of the molecule is CCCC(O)C(O)C(F)(F)C(C)(O)C(O)CCC. The lowest BCUT2D eigenvalue weighted by molar-refractivity contribution is -0.271. The van der Waals surface area contributed by atoms with Crippen LogP contribution in [0.5, 0.6) is 0 Å². The van der Waals surface area contributed by atoms with E-state index in [1.165, 1.54) is 0 Å². The highest BCUT2D eigenvalue weighted by Crippen LogP contribution is 2.37. The maximum absolute atomic E-state index is 13.9. The van der Waals surface area contributed by atoms with Crippen LogP contribution >= 0.6 is 0 Å². The van der Waals surface area contributed by atoms with E-state index in [4.69, 9.17) is 0 Å². The molecule has 18 heavy (non-hydrogen) atoms. The molecule has 6 heteroatoms. The van der Waals surface area contributed by atoms with Gasteiger partial charge in [0, 0.05) is 0 Å². The molecule has 0 bridgehead atoms. The summed E-state index contributed by atoms with van der Waals surface area (Å²) in [4.78, 5) is 0. The van der Waals surface area contributed by atoms with Crippen LogP contribution in [-0.4, -0.2) is 50.3 Å². The van der Waals surface area contributed by atoms with Crippen LogP contribution in [0, 0.1) is 0 Å². The van der Waals surface area contributed by atoms with Crippen molar-refractivity contribution in [3.05, 3.63) is 0 Å². The first-order valence-electron chi connectivity index (χ1n) is 6.27. The molecule has 4 nitrogen and oxygen atoms in total. The van der Waals surface area contributed by atoms with Crippen molar-refractivity contribution in [2.24, 2.45) is 0 Å². The number of aliphatic hydroxyl groups excluding tert-OH is 3. The Kier molecular flexibility index (Phi) is 6.63. The Balaban J connectivity index is 4.97. The van der Waals surface area contributed by atoms with E-state index in [0.717, 1.165) is 6.92 Å². The molecule has 0 aromatic rings. The molecule has 0 aromatic carbocycles. The van der Waals surface area contributed by atoms with Crippen LogP contribution in [-0.2, 0) is 0 Å². The van der Waals surface area contributed by atoms with Crippen molar-refractivity contribution >= 4 is 0 Å². The smallest absolute Gasteiger partial charge is 0.306 e. The van der Waals surface area contributed by atoms with Gasteiger partial charge in [0.05, 0.1) is 12.2 Å². The molecule has 0 aliphatic rings. The Labute approximate surface area is 106 Å². The van der Waals surface area contributed by atoms with Crippen molar-refractivity contribution in [3.8, 4) is 0 Å². The van der Waals surface area contributed by atoms with E-state index < -0.39 is 29.8 Å². The van der Waals surface area contributed by atoms with Gasteiger partial charge in [-0.15, -0.1) is 0 Å². The first-order chi connectivity index (χ1) is 8.12. The van der Waals surface area contributed by atoms with E-state index >= 15 is 0 Å². The van der Waals surface area contributed by atoms with Crippen LogP contribution in [0.1, 0.15) is 46.5 Å². The molecule has 0 amide bonds. The zero-order valence-electron chi connectivity index (χ0n) is 11.1. The zero-order chi connectivity index (χ0) is 14.6. The van der Waals surface area contributed by atoms with Gasteiger partial charge in [0.1, 0.15) is 6.10 Å². The molecular formula is C12H24F2O4. The summed E-state index contributed by atoms with van der Waals surface area (Å²) < 4.78 is 27.8. The number of hydrogen-bond acceptors (Lipinski definition) is 4. The fourth-order valence-electron chi connectivity index (χ4n) is 1.77. The summed E-state index contributed by atoms with van der Waals surface area (Å²) in [6.07, 6.45) is -4.88. The molecule has 0 heterocycles. The Morgan fingerprint density at radius 1 is 1.00 bits per heavy atom. The van der Waals surface area contributed by atoms with Gasteiger partial charge in [-0.2, -0.15) is 0 Å². The van der Waals surface area contributed by atoms with Gasteiger partial charge < -0.3 is 20.4 Å². The number of hydrogen-bond donors (Lipinski definition) is 4. The second-order valence-corrected chi connectivity index (χ2v) is 4.88. The molecule has 0 fully saturated rings. The molecule has 4 unspecified atom stereocenters. The number of rotatable bonds is 8. The van der Waals surface area contributed by atoms with Gasteiger partial charge in [-0.3, -0.25) is 0 Å². The normalized spacial score (nSPS) is 21.2. The van der Waals surface area contributed by atoms with Crippen molar-refractivity contribution in [2.45, 2.75) is 76.3 Å². The van der Waals surface area contributed by atoms with Crippen LogP contribution in [0.25, 0.3) is 0 Å². The first-order valence-corrected chi connectivity index (χ1v) is 6.27. The standard InChI is InChI=1S/C12H24F2O4/c1-4-6-8(15)10(17)12(13,14)11(3,18)9(16)7-5-2/h8-10,15-18H,4-7H2,1-3H3. The zero-order valence-corrected chi connectivity index (χ0v) is 11.1. The average Bonchev–Trinajstić information content (AvgIpc) is 2.28. The van der Waals surface area contributed by atoms with E-state index in [-0.39, 0.29) is 12.8 Å². The molecule has 0 rings (SSSR count). The highest BCUT2D eigenvalue weighted by molar-refractivity contribution is 5.01. The molecule has 0 radical (unpaired) electrons. The Morgan fingerprint density at radius 2 is 1.44 bits per heavy atom. The molecule has 0 aromatic heterocycles. The van der Waals surface area contributed by atoms with Crippen LogP contribution in [0.15, 0.2) is 0 Å². The number of alkyl halides is 2. The number of aliphatic hydroxyl groups is 4. The van der Waals surface area contributed by atoms with E-state index in [1.54, 1.807) is 13.8 Å². The monoisotopic (exact) mass is 270 g/mol. The van der Waals surface area contributed by atoms with E-state index in [0.29, 0.717) is 12.8 Å². The van der Waals surface area contributed by atoms with Crippen LogP contribution in [0.3, 0.4) is 0 Å². The molecule has 0 saturated heterocycles. The van der Waals surface area contributed by atoms with Gasteiger partial charge in [-0.25, -0.2) is 8.78 Å². The summed E-state index contributed by atoms with van der Waals surface area (Å²) >= 11 is 0. The van der Waals surface area contributed by atoms with E-state index in [2.05, 4.69) is 0 Å². The molecule has 0 spiro atoms. The molecule has 4 N–H and O–H groups in total. The Morgan fingerprint density at radius 3 is 1.83 bits per heavy atom. The molecule has 0 aliphatic heterocycles. The number of halogens is 2. The first kappa shape index (κ1) is 17.7. The van der Waals surface area contributed by atoms with Gasteiger partial charge in [0.2, 0.25) is 0 Å². The van der Waals surface area contributed by atoms with Crippen LogP contribution < -0.4 is 0 Å². The minimum atomic E-state index is -3.99. The Bertz CT molecular complexity index is 246. The summed E-state index contributed by atoms with van der Waals surface area (Å²) in [5, 5.41) is 38.2. The lowest BCUT2D eigenvalue weighted by atomic mass is 9.83. The van der Waals surface area contributed by atoms with Crippen molar-refractivity contribution < 1.29 is 29.2 Å². The topological polar surface area (TPSA) is 80.9 Å². The summed E-state index contributed by atoms with van der Waals surface area (Å²) in [5.74, 6) is -3.99. The van der Waals surface area contributed by atoms with Crippen LogP contribution in [0.2, 0.25) is 0 Å². The predicted molar refractivity (Wildman–Crippen MR) is 63.4 cm³/mol. The van der Waals surface area contributed by atoms with E-state index in [1.807, 2.05) is 0 Å².